The van der Waals surface area contributed by atoms with Crippen molar-refractivity contribution in [1.29, 1.82) is 0 Å². The lowest BCUT2D eigenvalue weighted by Crippen LogP contribution is -2.46. The Balaban J connectivity index is 2.19. The lowest BCUT2D eigenvalue weighted by Gasteiger charge is -2.31. The number of piperidine rings is 1. The summed E-state index contributed by atoms with van der Waals surface area (Å²) >= 11 is 0. The van der Waals surface area contributed by atoms with Crippen LogP contribution < -0.4 is 5.32 Å². The van der Waals surface area contributed by atoms with Gasteiger partial charge in [0.15, 0.2) is 6.10 Å². The molecule has 0 spiro atoms. The minimum Gasteiger partial charge on any atom is -0.479 e. The van der Waals surface area contributed by atoms with Crippen molar-refractivity contribution in [3.63, 3.8) is 0 Å². The highest BCUT2D eigenvalue weighted by atomic mass is 16.5. The fourth-order valence-corrected chi connectivity index (χ4v) is 1.85. The van der Waals surface area contributed by atoms with Gasteiger partial charge in [-0.3, -0.25) is 0 Å². The topological polar surface area (TPSA) is 99.1 Å². The molecule has 3 N–H and O–H groups in total. The van der Waals surface area contributed by atoms with Gasteiger partial charge in [-0.25, -0.2) is 9.59 Å². The SMILES string of the molecule is COC1CCN(C(=O)NCC[C@H](O)C(=O)O)CC1. The molecule has 1 heterocycles. The molecule has 1 saturated heterocycles. The molecule has 1 rings (SSSR count). The van der Waals surface area contributed by atoms with E-state index in [-0.39, 0.29) is 25.1 Å². The quantitative estimate of drug-likeness (QED) is 0.627. The number of hydrogen-bond acceptors (Lipinski definition) is 4. The Kier molecular flexibility index (Phi) is 5.87. The molecule has 1 atom stereocenters. The maximum atomic E-state index is 11.7. The number of carboxylic acid groups (broad SMARTS) is 1. The zero-order valence-electron chi connectivity index (χ0n) is 10.5. The summed E-state index contributed by atoms with van der Waals surface area (Å²) in [5.74, 6) is -1.27. The Morgan fingerprint density at radius 3 is 2.56 bits per heavy atom. The molecule has 0 aliphatic carbocycles. The van der Waals surface area contributed by atoms with E-state index in [4.69, 9.17) is 14.9 Å². The number of rotatable bonds is 5. The number of nitrogens with one attached hydrogen (secondary N) is 1. The van der Waals surface area contributed by atoms with Gasteiger partial charge in [0.25, 0.3) is 0 Å². The van der Waals surface area contributed by atoms with Crippen LogP contribution in [0.4, 0.5) is 4.79 Å². The van der Waals surface area contributed by atoms with Crippen LogP contribution in [0.2, 0.25) is 0 Å². The first-order valence-corrected chi connectivity index (χ1v) is 6.01. The van der Waals surface area contributed by atoms with Crippen molar-refractivity contribution in [2.75, 3.05) is 26.7 Å². The second-order valence-electron chi connectivity index (χ2n) is 4.30. The van der Waals surface area contributed by atoms with E-state index in [0.29, 0.717) is 13.1 Å². The molecule has 1 aliphatic rings. The van der Waals surface area contributed by atoms with Crippen LogP contribution in [-0.4, -0.2) is 66.1 Å². The average molecular weight is 260 g/mol. The number of carbonyl (C=O) groups excluding carboxylic acids is 1. The Morgan fingerprint density at radius 2 is 2.06 bits per heavy atom. The van der Waals surface area contributed by atoms with Gasteiger partial charge < -0.3 is 25.2 Å². The number of methoxy groups -OCH3 is 1. The minimum atomic E-state index is -1.43. The van der Waals surface area contributed by atoms with Gasteiger partial charge in [-0.05, 0) is 12.8 Å². The minimum absolute atomic E-state index is 0.00953. The molecular weight excluding hydrogens is 240 g/mol. The summed E-state index contributed by atoms with van der Waals surface area (Å²) in [5, 5.41) is 20.1. The van der Waals surface area contributed by atoms with Crippen LogP contribution in [0.5, 0.6) is 0 Å². The van der Waals surface area contributed by atoms with Crippen LogP contribution >= 0.6 is 0 Å². The Morgan fingerprint density at radius 1 is 1.44 bits per heavy atom. The molecule has 18 heavy (non-hydrogen) atoms. The van der Waals surface area contributed by atoms with Crippen LogP contribution in [0.3, 0.4) is 0 Å². The van der Waals surface area contributed by atoms with Crippen LogP contribution in [0.25, 0.3) is 0 Å². The lowest BCUT2D eigenvalue weighted by molar-refractivity contribution is -0.146. The maximum absolute atomic E-state index is 11.7. The third-order valence-electron chi connectivity index (χ3n) is 3.04. The highest BCUT2D eigenvalue weighted by molar-refractivity contribution is 5.74. The monoisotopic (exact) mass is 260 g/mol. The summed E-state index contributed by atoms with van der Waals surface area (Å²) in [6.07, 6.45) is 0.409. The van der Waals surface area contributed by atoms with E-state index >= 15 is 0 Å². The van der Waals surface area contributed by atoms with Gasteiger partial charge in [0.05, 0.1) is 6.10 Å². The smallest absolute Gasteiger partial charge is 0.332 e. The zero-order chi connectivity index (χ0) is 13.5. The van der Waals surface area contributed by atoms with Gasteiger partial charge in [0.1, 0.15) is 0 Å². The van der Waals surface area contributed by atoms with E-state index in [1.807, 2.05) is 0 Å². The van der Waals surface area contributed by atoms with Crippen LogP contribution in [0.1, 0.15) is 19.3 Å². The number of aliphatic hydroxyl groups is 1. The van der Waals surface area contributed by atoms with Crippen molar-refractivity contribution in [2.24, 2.45) is 0 Å². The summed E-state index contributed by atoms with van der Waals surface area (Å²) in [6.45, 7) is 1.41. The third-order valence-corrected chi connectivity index (χ3v) is 3.04. The van der Waals surface area contributed by atoms with Gasteiger partial charge in [-0.2, -0.15) is 0 Å². The van der Waals surface area contributed by atoms with E-state index in [1.54, 1.807) is 12.0 Å². The number of nitrogens with zero attached hydrogens (tertiary/aromatic N) is 1. The largest absolute Gasteiger partial charge is 0.479 e. The Labute approximate surface area is 106 Å². The molecule has 0 unspecified atom stereocenters. The van der Waals surface area contributed by atoms with Crippen molar-refractivity contribution in [1.82, 2.24) is 10.2 Å². The first-order valence-electron chi connectivity index (χ1n) is 6.01. The average Bonchev–Trinajstić information content (AvgIpc) is 2.38. The first-order chi connectivity index (χ1) is 8.54. The van der Waals surface area contributed by atoms with Gasteiger partial charge in [-0.15, -0.1) is 0 Å². The molecular formula is C11H20N2O5. The number of hydrogen-bond donors (Lipinski definition) is 3. The number of amides is 2. The Hall–Kier alpha value is -1.34. The summed E-state index contributed by atoms with van der Waals surface area (Å²) in [7, 11) is 1.66. The van der Waals surface area contributed by atoms with E-state index < -0.39 is 12.1 Å². The second-order valence-corrected chi connectivity index (χ2v) is 4.30. The summed E-state index contributed by atoms with van der Waals surface area (Å²) in [5.41, 5.74) is 0. The lowest BCUT2D eigenvalue weighted by atomic mass is 10.1. The predicted molar refractivity (Wildman–Crippen MR) is 63.3 cm³/mol. The van der Waals surface area contributed by atoms with E-state index in [9.17, 15) is 9.59 Å². The van der Waals surface area contributed by atoms with Crippen molar-refractivity contribution < 1.29 is 24.5 Å². The summed E-state index contributed by atoms with van der Waals surface area (Å²) < 4.78 is 5.20. The number of carboxylic acids is 1. The van der Waals surface area contributed by atoms with E-state index in [2.05, 4.69) is 5.32 Å². The standard InChI is InChI=1S/C11H20N2O5/c1-18-8-3-6-13(7-4-8)11(17)12-5-2-9(14)10(15)16/h8-9,14H,2-7H2,1H3,(H,12,17)(H,15,16)/t9-/m0/s1. The number of ether oxygens (including phenoxy) is 1. The molecule has 104 valence electrons. The van der Waals surface area contributed by atoms with Gasteiger partial charge in [0, 0.05) is 33.2 Å². The fraction of sp³-hybridized carbons (Fsp3) is 0.818. The molecule has 0 aromatic heterocycles. The van der Waals surface area contributed by atoms with Crippen molar-refractivity contribution in [2.45, 2.75) is 31.5 Å². The highest BCUT2D eigenvalue weighted by Gasteiger charge is 2.22. The van der Waals surface area contributed by atoms with Crippen molar-refractivity contribution in [3.8, 4) is 0 Å². The van der Waals surface area contributed by atoms with E-state index in [1.165, 1.54) is 0 Å². The van der Waals surface area contributed by atoms with Crippen LogP contribution in [0.15, 0.2) is 0 Å². The van der Waals surface area contributed by atoms with Crippen molar-refractivity contribution >= 4 is 12.0 Å². The van der Waals surface area contributed by atoms with E-state index in [0.717, 1.165) is 12.8 Å². The summed E-state index contributed by atoms with van der Waals surface area (Å²) in [6, 6.07) is -0.220. The Bertz CT molecular complexity index is 289. The first kappa shape index (κ1) is 14.7. The van der Waals surface area contributed by atoms with Gasteiger partial charge in [-0.1, -0.05) is 0 Å². The zero-order valence-corrected chi connectivity index (χ0v) is 10.5. The molecule has 1 fully saturated rings. The molecule has 0 saturated carbocycles. The second kappa shape index (κ2) is 7.17. The molecule has 2 amide bonds. The molecule has 1 aliphatic heterocycles. The molecule has 0 radical (unpaired) electrons. The number of urea groups is 1. The maximum Gasteiger partial charge on any atom is 0.332 e. The number of carbonyl (C=O) groups is 2. The predicted octanol–water partition coefficient (Wildman–Crippen LogP) is -0.358. The highest BCUT2D eigenvalue weighted by Crippen LogP contribution is 2.12. The number of aliphatic hydroxyl groups excluding tert-OH is 1. The molecule has 0 aromatic rings. The normalized spacial score (nSPS) is 18.4. The van der Waals surface area contributed by atoms with Crippen LogP contribution in [0, 0.1) is 0 Å². The molecule has 7 heteroatoms. The van der Waals surface area contributed by atoms with Crippen molar-refractivity contribution in [3.05, 3.63) is 0 Å². The third kappa shape index (κ3) is 4.50. The fourth-order valence-electron chi connectivity index (χ4n) is 1.85. The number of aliphatic carboxylic acids is 1. The molecule has 0 bridgehead atoms. The van der Waals surface area contributed by atoms with Crippen LogP contribution in [-0.2, 0) is 9.53 Å². The van der Waals surface area contributed by atoms with Gasteiger partial charge in [0.2, 0.25) is 0 Å². The molecule has 0 aromatic carbocycles. The molecule has 7 nitrogen and oxygen atoms in total. The summed E-state index contributed by atoms with van der Waals surface area (Å²) in [4.78, 5) is 23.7. The number of likely N-dealkylation sites (tertiary alicyclic amines) is 1. The van der Waals surface area contributed by atoms with Gasteiger partial charge >= 0.3 is 12.0 Å².